The second-order valence-electron chi connectivity index (χ2n) is 13.3. The minimum absolute atomic E-state index is 0.177. The van der Waals surface area contributed by atoms with Gasteiger partial charge in [0, 0.05) is 54.8 Å². The van der Waals surface area contributed by atoms with Gasteiger partial charge >= 0.3 is 0 Å². The number of aliphatic hydroxyl groups is 1. The standard InChI is InChI=1S/C38H45N9O4/c1-4-5-29(3)47-37(48)45(27-42-47)33-9-7-31(8-10-33)43-18-20-44(21-19-43)32-11-13-34(14-12-32)49-24-35-25-50-38(51-35,26-46-40-16-17-41-46)36-15-6-30(23-39)22-28(36)2/h6-17,22,27,29,35,37,48H,4-5,18-21,24-26H2,1-3H3/t29?,35-,37?,38-/m1/s1. The molecule has 4 heterocycles. The first-order valence-electron chi connectivity index (χ1n) is 17.6. The zero-order valence-corrected chi connectivity index (χ0v) is 29.4. The van der Waals surface area contributed by atoms with Crippen LogP contribution in [0.15, 0.2) is 84.2 Å². The molecule has 0 bridgehead atoms. The quantitative estimate of drug-likeness (QED) is 0.223. The van der Waals surface area contributed by atoms with E-state index in [-0.39, 0.29) is 18.7 Å². The number of hydrogen-bond donors (Lipinski definition) is 1. The minimum atomic E-state index is -1.10. The van der Waals surface area contributed by atoms with Crippen molar-refractivity contribution in [1.82, 2.24) is 20.0 Å². The number of hydrazone groups is 1. The Hall–Kier alpha value is -5.16. The van der Waals surface area contributed by atoms with E-state index in [1.807, 2.05) is 36.1 Å². The van der Waals surface area contributed by atoms with Crippen LogP contribution in [0.3, 0.4) is 0 Å². The van der Waals surface area contributed by atoms with Crippen LogP contribution in [0.1, 0.15) is 43.4 Å². The molecule has 4 atom stereocenters. The van der Waals surface area contributed by atoms with Crippen molar-refractivity contribution in [2.45, 2.75) is 64.4 Å². The number of aromatic nitrogens is 3. The monoisotopic (exact) mass is 691 g/mol. The highest BCUT2D eigenvalue weighted by atomic mass is 16.8. The van der Waals surface area contributed by atoms with E-state index in [1.54, 1.807) is 34.6 Å². The Kier molecular flexibility index (Phi) is 10.1. The molecule has 1 aromatic heterocycles. The number of nitrogens with zero attached hydrogens (tertiary/aromatic N) is 9. The normalized spacial score (nSPS) is 22.4. The summed E-state index contributed by atoms with van der Waals surface area (Å²) in [5.74, 6) is -0.336. The highest BCUT2D eigenvalue weighted by molar-refractivity contribution is 5.81. The highest BCUT2D eigenvalue weighted by Crippen LogP contribution is 2.38. The van der Waals surface area contributed by atoms with Crippen molar-refractivity contribution < 1.29 is 19.3 Å². The van der Waals surface area contributed by atoms with Gasteiger partial charge in [0.2, 0.25) is 12.1 Å². The Morgan fingerprint density at radius 2 is 1.61 bits per heavy atom. The molecular weight excluding hydrogens is 646 g/mol. The lowest BCUT2D eigenvalue weighted by Crippen LogP contribution is -2.46. The Bertz CT molecular complexity index is 1820. The first-order chi connectivity index (χ1) is 24.9. The van der Waals surface area contributed by atoms with Crippen LogP contribution in [-0.4, -0.2) is 89.3 Å². The maximum atomic E-state index is 10.9. The zero-order valence-electron chi connectivity index (χ0n) is 29.4. The van der Waals surface area contributed by atoms with Crippen LogP contribution in [0.25, 0.3) is 0 Å². The van der Waals surface area contributed by atoms with E-state index < -0.39 is 12.1 Å². The fourth-order valence-electron chi connectivity index (χ4n) is 7.08. The van der Waals surface area contributed by atoms with E-state index in [4.69, 9.17) is 14.2 Å². The Labute approximate surface area is 298 Å². The van der Waals surface area contributed by atoms with Crippen molar-refractivity contribution in [3.8, 4) is 11.8 Å². The molecule has 2 saturated heterocycles. The van der Waals surface area contributed by atoms with Gasteiger partial charge in [0.05, 0.1) is 30.6 Å². The summed E-state index contributed by atoms with van der Waals surface area (Å²) in [6.07, 6.45) is 5.88. The van der Waals surface area contributed by atoms with Gasteiger partial charge in [0.25, 0.3) is 0 Å². The van der Waals surface area contributed by atoms with Crippen molar-refractivity contribution in [1.29, 1.82) is 5.26 Å². The van der Waals surface area contributed by atoms with Gasteiger partial charge < -0.3 is 29.1 Å². The molecule has 4 aromatic rings. The predicted octanol–water partition coefficient (Wildman–Crippen LogP) is 4.66. The van der Waals surface area contributed by atoms with Gasteiger partial charge in [0.15, 0.2) is 0 Å². The summed E-state index contributed by atoms with van der Waals surface area (Å²) in [5.41, 5.74) is 5.56. The summed E-state index contributed by atoms with van der Waals surface area (Å²) in [6.45, 7) is 10.7. The SMILES string of the molecule is CCCC(C)N1N=CN(c2ccc(N3CCN(c4ccc(OC[C@@H]5CO[C@@](Cn6nccn6)(c6ccc(C#N)cc6C)O5)cc4)CC3)cc2)C1O. The second-order valence-corrected chi connectivity index (χ2v) is 13.3. The van der Waals surface area contributed by atoms with E-state index in [9.17, 15) is 10.4 Å². The third-order valence-electron chi connectivity index (χ3n) is 9.82. The van der Waals surface area contributed by atoms with Gasteiger partial charge in [-0.2, -0.15) is 25.4 Å². The predicted molar refractivity (Wildman–Crippen MR) is 194 cm³/mol. The molecule has 266 valence electrons. The average molecular weight is 692 g/mol. The van der Waals surface area contributed by atoms with Crippen LogP contribution in [-0.2, 0) is 21.8 Å². The van der Waals surface area contributed by atoms with Crippen molar-refractivity contribution in [3.05, 3.63) is 95.8 Å². The van der Waals surface area contributed by atoms with Crippen LogP contribution < -0.4 is 19.4 Å². The number of piperazine rings is 1. The largest absolute Gasteiger partial charge is 0.491 e. The summed E-state index contributed by atoms with van der Waals surface area (Å²) in [7, 11) is 0. The number of ether oxygens (including phenoxy) is 3. The average Bonchev–Trinajstić information content (AvgIpc) is 3.92. The molecule has 0 aliphatic carbocycles. The van der Waals surface area contributed by atoms with E-state index in [1.165, 1.54) is 5.69 Å². The number of hydrogen-bond acceptors (Lipinski definition) is 12. The van der Waals surface area contributed by atoms with Crippen molar-refractivity contribution in [3.63, 3.8) is 0 Å². The zero-order chi connectivity index (χ0) is 35.4. The fourth-order valence-corrected chi connectivity index (χ4v) is 7.08. The molecule has 3 aliphatic rings. The Balaban J connectivity index is 0.908. The number of aliphatic hydroxyl groups excluding tert-OH is 1. The maximum Gasteiger partial charge on any atom is 0.228 e. The molecule has 2 unspecified atom stereocenters. The minimum Gasteiger partial charge on any atom is -0.491 e. The first-order valence-corrected chi connectivity index (χ1v) is 17.6. The summed E-state index contributed by atoms with van der Waals surface area (Å²) >= 11 is 0. The molecule has 13 heteroatoms. The third kappa shape index (κ3) is 7.35. The van der Waals surface area contributed by atoms with E-state index in [0.29, 0.717) is 18.8 Å². The molecule has 0 radical (unpaired) electrons. The smallest absolute Gasteiger partial charge is 0.228 e. The molecule has 0 amide bonds. The number of nitriles is 1. The topological polar surface area (TPSA) is 128 Å². The molecule has 7 rings (SSSR count). The van der Waals surface area contributed by atoms with Gasteiger partial charge in [-0.1, -0.05) is 19.4 Å². The van der Waals surface area contributed by atoms with Crippen LogP contribution >= 0.6 is 0 Å². The fraction of sp³-hybridized carbons (Fsp3) is 0.421. The van der Waals surface area contributed by atoms with E-state index >= 15 is 0 Å². The molecule has 0 spiro atoms. The van der Waals surface area contributed by atoms with E-state index in [0.717, 1.165) is 67.3 Å². The first kappa shape index (κ1) is 34.3. The van der Waals surface area contributed by atoms with Crippen molar-refractivity contribution in [2.24, 2.45) is 5.10 Å². The molecule has 0 saturated carbocycles. The van der Waals surface area contributed by atoms with Crippen LogP contribution in [0.2, 0.25) is 0 Å². The summed E-state index contributed by atoms with van der Waals surface area (Å²) in [6, 6.07) is 24.4. The van der Waals surface area contributed by atoms with Gasteiger partial charge in [-0.3, -0.25) is 4.90 Å². The molecule has 2 fully saturated rings. The van der Waals surface area contributed by atoms with Crippen molar-refractivity contribution >= 4 is 23.4 Å². The summed E-state index contributed by atoms with van der Waals surface area (Å²) < 4.78 is 19.1. The van der Waals surface area contributed by atoms with Gasteiger partial charge in [-0.25, -0.2) is 5.01 Å². The summed E-state index contributed by atoms with van der Waals surface area (Å²) in [5, 5.41) is 35.0. The highest BCUT2D eigenvalue weighted by Gasteiger charge is 2.45. The molecule has 1 N–H and O–H groups in total. The van der Waals surface area contributed by atoms with Gasteiger partial charge in [0.1, 0.15) is 31.3 Å². The lowest BCUT2D eigenvalue weighted by Gasteiger charge is -2.37. The van der Waals surface area contributed by atoms with Crippen molar-refractivity contribution in [2.75, 3.05) is 54.1 Å². The Morgan fingerprint density at radius 3 is 2.24 bits per heavy atom. The third-order valence-corrected chi connectivity index (χ3v) is 9.82. The van der Waals surface area contributed by atoms with Crippen LogP contribution in [0, 0.1) is 18.3 Å². The van der Waals surface area contributed by atoms with Gasteiger partial charge in [-0.15, -0.1) is 0 Å². The Morgan fingerprint density at radius 1 is 0.961 bits per heavy atom. The lowest BCUT2D eigenvalue weighted by molar-refractivity contribution is -0.192. The lowest BCUT2D eigenvalue weighted by atomic mass is 9.98. The van der Waals surface area contributed by atoms with Crippen LogP contribution in [0.4, 0.5) is 17.1 Å². The molecular formula is C38H45N9O4. The second kappa shape index (κ2) is 15.0. The summed E-state index contributed by atoms with van der Waals surface area (Å²) in [4.78, 5) is 8.15. The number of benzene rings is 3. The number of rotatable bonds is 12. The molecule has 13 nitrogen and oxygen atoms in total. The molecule has 3 aliphatic heterocycles. The maximum absolute atomic E-state index is 10.9. The van der Waals surface area contributed by atoms with E-state index in [2.05, 4.69) is 81.4 Å². The van der Waals surface area contributed by atoms with Crippen LogP contribution in [0.5, 0.6) is 5.75 Å². The number of anilines is 3. The number of aryl methyl sites for hydroxylation is 1. The molecule has 51 heavy (non-hydrogen) atoms. The van der Waals surface area contributed by atoms with Gasteiger partial charge in [-0.05, 0) is 86.5 Å². The molecule has 3 aromatic carbocycles.